The van der Waals surface area contributed by atoms with Gasteiger partial charge in [0.25, 0.3) is 0 Å². The van der Waals surface area contributed by atoms with E-state index in [9.17, 15) is 4.79 Å². The molecule has 0 spiro atoms. The molecule has 0 aromatic heterocycles. The van der Waals surface area contributed by atoms with E-state index in [0.29, 0.717) is 6.54 Å². The third-order valence-corrected chi connectivity index (χ3v) is 2.19. The summed E-state index contributed by atoms with van der Waals surface area (Å²) in [6, 6.07) is 8.03. The molecule has 0 saturated carbocycles. The van der Waals surface area contributed by atoms with Crippen molar-refractivity contribution >= 4 is 6.09 Å². The molecule has 0 aliphatic rings. The molecule has 1 aromatic rings. The number of carbonyl (C=O) groups is 1. The van der Waals surface area contributed by atoms with Crippen molar-refractivity contribution < 1.29 is 14.6 Å². The Balaban J connectivity index is 2.33. The second kappa shape index (κ2) is 6.85. The van der Waals surface area contributed by atoms with E-state index in [1.807, 2.05) is 24.3 Å². The second-order valence-electron chi connectivity index (χ2n) is 3.38. The largest absolute Gasteiger partial charge is 0.447 e. The van der Waals surface area contributed by atoms with Crippen LogP contribution in [-0.2, 0) is 17.7 Å². The van der Waals surface area contributed by atoms with Gasteiger partial charge in [0.05, 0.1) is 6.61 Å². The normalized spacial score (nSPS) is 9.88. The summed E-state index contributed by atoms with van der Waals surface area (Å²) in [4.78, 5) is 11.1. The van der Waals surface area contributed by atoms with Crippen LogP contribution in [0.5, 0.6) is 0 Å². The van der Waals surface area contributed by atoms with E-state index in [1.165, 1.54) is 5.56 Å². The first-order chi connectivity index (χ1) is 7.76. The van der Waals surface area contributed by atoms with Crippen LogP contribution in [0.15, 0.2) is 24.3 Å². The number of aliphatic hydroxyl groups is 1. The van der Waals surface area contributed by atoms with Crippen molar-refractivity contribution in [2.75, 3.05) is 13.2 Å². The van der Waals surface area contributed by atoms with Crippen molar-refractivity contribution in [3.8, 4) is 0 Å². The minimum atomic E-state index is -0.506. The molecule has 1 amide bonds. The number of hydrogen-bond donors (Lipinski definition) is 2. The zero-order valence-electron chi connectivity index (χ0n) is 9.40. The highest BCUT2D eigenvalue weighted by Crippen LogP contribution is 2.04. The SMILES string of the molecule is CCc1ccc(CNC(=O)OCCO)cc1. The number of nitrogens with one attached hydrogen (secondary N) is 1. The molecule has 0 atom stereocenters. The quantitative estimate of drug-likeness (QED) is 0.794. The maximum atomic E-state index is 11.1. The Bertz CT molecular complexity index is 322. The van der Waals surface area contributed by atoms with E-state index < -0.39 is 6.09 Å². The zero-order valence-corrected chi connectivity index (χ0v) is 9.40. The van der Waals surface area contributed by atoms with Crippen molar-refractivity contribution in [2.24, 2.45) is 0 Å². The number of aliphatic hydroxyl groups excluding tert-OH is 1. The van der Waals surface area contributed by atoms with Gasteiger partial charge >= 0.3 is 6.09 Å². The Labute approximate surface area is 95.2 Å². The molecule has 0 saturated heterocycles. The fourth-order valence-corrected chi connectivity index (χ4v) is 1.26. The third-order valence-electron chi connectivity index (χ3n) is 2.19. The second-order valence-corrected chi connectivity index (χ2v) is 3.38. The molecule has 4 nitrogen and oxygen atoms in total. The van der Waals surface area contributed by atoms with Gasteiger partial charge in [0.1, 0.15) is 6.61 Å². The average Bonchev–Trinajstić information content (AvgIpc) is 2.34. The highest BCUT2D eigenvalue weighted by Gasteiger charge is 2.00. The summed E-state index contributed by atoms with van der Waals surface area (Å²) in [5.41, 5.74) is 2.30. The third kappa shape index (κ3) is 4.31. The van der Waals surface area contributed by atoms with Crippen molar-refractivity contribution in [3.05, 3.63) is 35.4 Å². The van der Waals surface area contributed by atoms with E-state index in [4.69, 9.17) is 5.11 Å². The van der Waals surface area contributed by atoms with Gasteiger partial charge in [-0.25, -0.2) is 4.79 Å². The Morgan fingerprint density at radius 3 is 2.50 bits per heavy atom. The number of carbonyl (C=O) groups excluding carboxylic acids is 1. The van der Waals surface area contributed by atoms with Crippen molar-refractivity contribution in [1.82, 2.24) is 5.32 Å². The summed E-state index contributed by atoms with van der Waals surface area (Å²) >= 11 is 0. The van der Waals surface area contributed by atoms with Gasteiger partial charge in [-0.05, 0) is 17.5 Å². The minimum absolute atomic E-state index is 0.0284. The number of hydrogen-bond acceptors (Lipinski definition) is 3. The van der Waals surface area contributed by atoms with Crippen molar-refractivity contribution in [3.63, 3.8) is 0 Å². The van der Waals surface area contributed by atoms with Crippen LogP contribution in [0.1, 0.15) is 18.1 Å². The fourth-order valence-electron chi connectivity index (χ4n) is 1.26. The highest BCUT2D eigenvalue weighted by molar-refractivity contribution is 5.67. The Kier molecular flexibility index (Phi) is 5.36. The van der Waals surface area contributed by atoms with E-state index in [0.717, 1.165) is 12.0 Å². The molecule has 1 rings (SSSR count). The molecule has 88 valence electrons. The number of aryl methyl sites for hydroxylation is 1. The van der Waals surface area contributed by atoms with Crippen LogP contribution in [0.4, 0.5) is 4.79 Å². The van der Waals surface area contributed by atoms with E-state index >= 15 is 0 Å². The highest BCUT2D eigenvalue weighted by atomic mass is 16.6. The maximum absolute atomic E-state index is 11.1. The number of amides is 1. The molecule has 0 bridgehead atoms. The van der Waals surface area contributed by atoms with Crippen LogP contribution in [0, 0.1) is 0 Å². The lowest BCUT2D eigenvalue weighted by atomic mass is 10.1. The maximum Gasteiger partial charge on any atom is 0.407 e. The lowest BCUT2D eigenvalue weighted by molar-refractivity contribution is 0.119. The topological polar surface area (TPSA) is 58.6 Å². The number of benzene rings is 1. The van der Waals surface area contributed by atoms with Crippen LogP contribution in [0.25, 0.3) is 0 Å². The van der Waals surface area contributed by atoms with Crippen molar-refractivity contribution in [2.45, 2.75) is 19.9 Å². The van der Waals surface area contributed by atoms with Gasteiger partial charge in [0.2, 0.25) is 0 Å². The molecule has 0 aliphatic heterocycles. The van der Waals surface area contributed by atoms with Gasteiger partial charge in [-0.3, -0.25) is 0 Å². The molecular formula is C12H17NO3. The molecule has 4 heteroatoms. The molecule has 0 heterocycles. The molecule has 0 unspecified atom stereocenters. The molecule has 16 heavy (non-hydrogen) atoms. The van der Waals surface area contributed by atoms with Crippen LogP contribution in [0.3, 0.4) is 0 Å². The average molecular weight is 223 g/mol. The van der Waals surface area contributed by atoms with E-state index in [2.05, 4.69) is 17.0 Å². The van der Waals surface area contributed by atoms with E-state index in [-0.39, 0.29) is 13.2 Å². The lowest BCUT2D eigenvalue weighted by Gasteiger charge is -2.06. The first kappa shape index (κ1) is 12.5. The predicted octanol–water partition coefficient (Wildman–Crippen LogP) is 1.47. The number of ether oxygens (including phenoxy) is 1. The zero-order chi connectivity index (χ0) is 11.8. The standard InChI is InChI=1S/C12H17NO3/c1-2-10-3-5-11(6-4-10)9-13-12(15)16-8-7-14/h3-6,14H,2,7-9H2,1H3,(H,13,15). The molecule has 0 aliphatic carbocycles. The van der Waals surface area contributed by atoms with Gasteiger partial charge in [0, 0.05) is 6.54 Å². The Morgan fingerprint density at radius 2 is 1.94 bits per heavy atom. The monoisotopic (exact) mass is 223 g/mol. The molecule has 2 N–H and O–H groups in total. The number of rotatable bonds is 5. The summed E-state index contributed by atoms with van der Waals surface area (Å²) in [5, 5.41) is 11.1. The van der Waals surface area contributed by atoms with E-state index in [1.54, 1.807) is 0 Å². The first-order valence-electron chi connectivity index (χ1n) is 5.35. The van der Waals surface area contributed by atoms with Crippen LogP contribution < -0.4 is 5.32 Å². The first-order valence-corrected chi connectivity index (χ1v) is 5.35. The van der Waals surface area contributed by atoms with Crippen molar-refractivity contribution in [1.29, 1.82) is 0 Å². The molecule has 0 radical (unpaired) electrons. The Hall–Kier alpha value is -1.55. The van der Waals surface area contributed by atoms with Gasteiger partial charge < -0.3 is 15.2 Å². The van der Waals surface area contributed by atoms with Crippen LogP contribution in [0.2, 0.25) is 0 Å². The lowest BCUT2D eigenvalue weighted by Crippen LogP contribution is -2.24. The molecule has 0 fully saturated rings. The molecular weight excluding hydrogens is 206 g/mol. The summed E-state index contributed by atoms with van der Waals surface area (Å²) in [6.45, 7) is 2.41. The summed E-state index contributed by atoms with van der Waals surface area (Å²) in [6.07, 6.45) is 0.500. The molecule has 1 aromatic carbocycles. The Morgan fingerprint density at radius 1 is 1.31 bits per heavy atom. The predicted molar refractivity (Wildman–Crippen MR) is 61.1 cm³/mol. The minimum Gasteiger partial charge on any atom is -0.447 e. The van der Waals surface area contributed by atoms with Gasteiger partial charge in [-0.2, -0.15) is 0 Å². The van der Waals surface area contributed by atoms with Gasteiger partial charge in [-0.1, -0.05) is 31.2 Å². The summed E-state index contributed by atoms with van der Waals surface area (Å²) < 4.78 is 4.66. The van der Waals surface area contributed by atoms with Gasteiger partial charge in [-0.15, -0.1) is 0 Å². The fraction of sp³-hybridized carbons (Fsp3) is 0.417. The summed E-state index contributed by atoms with van der Waals surface area (Å²) in [5.74, 6) is 0. The van der Waals surface area contributed by atoms with Crippen LogP contribution in [-0.4, -0.2) is 24.4 Å². The smallest absolute Gasteiger partial charge is 0.407 e. The van der Waals surface area contributed by atoms with Gasteiger partial charge in [0.15, 0.2) is 0 Å². The van der Waals surface area contributed by atoms with Crippen LogP contribution >= 0.6 is 0 Å². The number of alkyl carbamates (subject to hydrolysis) is 1. The summed E-state index contributed by atoms with van der Waals surface area (Å²) in [7, 11) is 0.